The minimum atomic E-state index is -1.05. The van der Waals surface area contributed by atoms with Crippen molar-refractivity contribution >= 4 is 28.5 Å². The van der Waals surface area contributed by atoms with Crippen molar-refractivity contribution < 1.29 is 9.90 Å². The number of hydrogen-bond acceptors (Lipinski definition) is 3. The quantitative estimate of drug-likeness (QED) is 0.729. The molecular weight excluding hydrogens is 266 g/mol. The molecule has 1 N–H and O–H groups in total. The Morgan fingerprint density at radius 1 is 1.26 bits per heavy atom. The average Bonchev–Trinajstić information content (AvgIpc) is 2.81. The highest BCUT2D eigenvalue weighted by molar-refractivity contribution is 6.29. The van der Waals surface area contributed by atoms with Crippen molar-refractivity contribution in [2.75, 3.05) is 0 Å². The molecule has 3 rings (SSSR count). The number of para-hydroxylation sites is 1. The first-order valence-corrected chi connectivity index (χ1v) is 5.87. The zero-order valence-corrected chi connectivity index (χ0v) is 10.4. The molecule has 5 nitrogen and oxygen atoms in total. The number of pyridine rings is 1. The predicted molar refractivity (Wildman–Crippen MR) is 70.8 cm³/mol. The number of halogens is 1. The van der Waals surface area contributed by atoms with E-state index >= 15 is 0 Å². The molecule has 0 aliphatic rings. The van der Waals surface area contributed by atoms with E-state index in [-0.39, 0.29) is 10.7 Å². The summed E-state index contributed by atoms with van der Waals surface area (Å²) in [5, 5.41) is 14.3. The summed E-state index contributed by atoms with van der Waals surface area (Å²) in [6.07, 6.45) is 1.69. The lowest BCUT2D eigenvalue weighted by atomic mass is 10.2. The third-order valence-electron chi connectivity index (χ3n) is 2.72. The van der Waals surface area contributed by atoms with Crippen molar-refractivity contribution in [3.8, 4) is 5.82 Å². The van der Waals surface area contributed by atoms with Crippen LogP contribution in [0.2, 0.25) is 5.15 Å². The van der Waals surface area contributed by atoms with Crippen molar-refractivity contribution in [3.63, 3.8) is 0 Å². The van der Waals surface area contributed by atoms with Crippen LogP contribution in [0, 0.1) is 0 Å². The standard InChI is InChI=1S/C13H8ClN3O2/c14-11-5-9(13(18)19)6-12(16-11)17-10-4-2-1-3-8(10)7-15-17/h1-7H,(H,18,19). The van der Waals surface area contributed by atoms with Crippen LogP contribution in [0.4, 0.5) is 0 Å². The Balaban J connectivity index is 2.24. The van der Waals surface area contributed by atoms with Crippen LogP contribution in [0.1, 0.15) is 10.4 Å². The van der Waals surface area contributed by atoms with Gasteiger partial charge >= 0.3 is 5.97 Å². The first-order valence-electron chi connectivity index (χ1n) is 5.49. The number of hydrogen-bond donors (Lipinski definition) is 1. The lowest BCUT2D eigenvalue weighted by molar-refractivity contribution is 0.0696. The number of rotatable bonds is 2. The molecule has 0 atom stereocenters. The Kier molecular flexibility index (Phi) is 2.68. The molecule has 0 spiro atoms. The molecular formula is C13H8ClN3O2. The van der Waals surface area contributed by atoms with Gasteiger partial charge in [0.25, 0.3) is 0 Å². The molecule has 3 aromatic rings. The van der Waals surface area contributed by atoms with Gasteiger partial charge in [-0.1, -0.05) is 29.8 Å². The van der Waals surface area contributed by atoms with E-state index in [0.717, 1.165) is 10.9 Å². The van der Waals surface area contributed by atoms with Gasteiger partial charge in [-0.15, -0.1) is 0 Å². The highest BCUT2D eigenvalue weighted by Gasteiger charge is 2.11. The number of carbonyl (C=O) groups is 1. The molecule has 6 heteroatoms. The lowest BCUT2D eigenvalue weighted by Gasteiger charge is -2.04. The first-order chi connectivity index (χ1) is 9.15. The maximum atomic E-state index is 11.0. The van der Waals surface area contributed by atoms with Gasteiger partial charge in [0.2, 0.25) is 0 Å². The monoisotopic (exact) mass is 273 g/mol. The minimum absolute atomic E-state index is 0.0783. The van der Waals surface area contributed by atoms with Gasteiger partial charge in [0.05, 0.1) is 17.3 Å². The molecule has 0 radical (unpaired) electrons. The van der Waals surface area contributed by atoms with Crippen molar-refractivity contribution in [1.29, 1.82) is 0 Å². The van der Waals surface area contributed by atoms with Crippen LogP contribution in [0.25, 0.3) is 16.7 Å². The number of carboxylic acid groups (broad SMARTS) is 1. The molecule has 0 saturated carbocycles. The normalized spacial score (nSPS) is 10.8. The topological polar surface area (TPSA) is 68.0 Å². The van der Waals surface area contributed by atoms with Gasteiger partial charge in [0.1, 0.15) is 5.15 Å². The summed E-state index contributed by atoms with van der Waals surface area (Å²) in [6.45, 7) is 0. The second-order valence-electron chi connectivity index (χ2n) is 3.96. The van der Waals surface area contributed by atoms with Crippen LogP contribution in [0.15, 0.2) is 42.6 Å². The van der Waals surface area contributed by atoms with Gasteiger partial charge in [-0.25, -0.2) is 14.5 Å². The van der Waals surface area contributed by atoms with Crippen LogP contribution in [-0.2, 0) is 0 Å². The summed E-state index contributed by atoms with van der Waals surface area (Å²) in [5.41, 5.74) is 0.920. The lowest BCUT2D eigenvalue weighted by Crippen LogP contribution is -2.04. The van der Waals surface area contributed by atoms with Gasteiger partial charge in [-0.2, -0.15) is 5.10 Å². The maximum Gasteiger partial charge on any atom is 0.335 e. The van der Waals surface area contributed by atoms with Gasteiger partial charge in [0, 0.05) is 5.39 Å². The van der Waals surface area contributed by atoms with Crippen molar-refractivity contribution in [1.82, 2.24) is 14.8 Å². The van der Waals surface area contributed by atoms with Crippen LogP contribution in [0.3, 0.4) is 0 Å². The summed E-state index contributed by atoms with van der Waals surface area (Å²) in [6, 6.07) is 10.3. The number of fused-ring (bicyclic) bond motifs is 1. The fraction of sp³-hybridized carbons (Fsp3) is 0. The smallest absolute Gasteiger partial charge is 0.335 e. The predicted octanol–water partition coefficient (Wildman–Crippen LogP) is 2.77. The molecule has 0 saturated heterocycles. The number of carboxylic acids is 1. The summed E-state index contributed by atoms with van der Waals surface area (Å²) >= 11 is 5.85. The van der Waals surface area contributed by atoms with E-state index in [1.165, 1.54) is 12.1 Å². The molecule has 19 heavy (non-hydrogen) atoms. The summed E-state index contributed by atoms with van der Waals surface area (Å²) < 4.78 is 1.56. The van der Waals surface area contributed by atoms with E-state index in [0.29, 0.717) is 5.82 Å². The molecule has 0 amide bonds. The summed E-state index contributed by atoms with van der Waals surface area (Å²) in [7, 11) is 0. The van der Waals surface area contributed by atoms with Gasteiger partial charge < -0.3 is 5.11 Å². The van der Waals surface area contributed by atoms with Crippen LogP contribution in [-0.4, -0.2) is 25.8 Å². The largest absolute Gasteiger partial charge is 0.478 e. The Bertz CT molecular complexity index is 782. The maximum absolute atomic E-state index is 11.0. The molecule has 0 aliphatic carbocycles. The fourth-order valence-electron chi connectivity index (χ4n) is 1.87. The van der Waals surface area contributed by atoms with E-state index in [9.17, 15) is 4.79 Å². The number of aromatic nitrogens is 3. The van der Waals surface area contributed by atoms with Crippen molar-refractivity contribution in [2.24, 2.45) is 0 Å². The van der Waals surface area contributed by atoms with Gasteiger partial charge in [-0.3, -0.25) is 0 Å². The highest BCUT2D eigenvalue weighted by atomic mass is 35.5. The SMILES string of the molecule is O=C(O)c1cc(Cl)nc(-n2ncc3ccccc32)c1. The van der Waals surface area contributed by atoms with E-state index in [2.05, 4.69) is 10.1 Å². The second-order valence-corrected chi connectivity index (χ2v) is 4.34. The second kappa shape index (κ2) is 4.37. The molecule has 0 bridgehead atoms. The van der Waals surface area contributed by atoms with E-state index in [1.807, 2.05) is 24.3 Å². The molecule has 2 aromatic heterocycles. The van der Waals surface area contributed by atoms with Gasteiger partial charge in [0.15, 0.2) is 5.82 Å². The Morgan fingerprint density at radius 2 is 2.05 bits per heavy atom. The number of nitrogens with zero attached hydrogens (tertiary/aromatic N) is 3. The first kappa shape index (κ1) is 11.7. The molecule has 0 unspecified atom stereocenters. The molecule has 94 valence electrons. The van der Waals surface area contributed by atoms with Crippen LogP contribution < -0.4 is 0 Å². The van der Waals surface area contributed by atoms with Gasteiger partial charge in [-0.05, 0) is 18.2 Å². The number of benzene rings is 1. The van der Waals surface area contributed by atoms with Crippen LogP contribution in [0.5, 0.6) is 0 Å². The summed E-state index contributed by atoms with van der Waals surface area (Å²) in [5.74, 6) is -0.673. The number of aromatic carboxylic acids is 1. The fourth-order valence-corrected chi connectivity index (χ4v) is 2.07. The average molecular weight is 274 g/mol. The third kappa shape index (κ3) is 2.04. The summed E-state index contributed by atoms with van der Waals surface area (Å²) in [4.78, 5) is 15.1. The minimum Gasteiger partial charge on any atom is -0.478 e. The molecule has 0 aliphatic heterocycles. The Morgan fingerprint density at radius 3 is 2.84 bits per heavy atom. The highest BCUT2D eigenvalue weighted by Crippen LogP contribution is 2.19. The molecule has 1 aromatic carbocycles. The van der Waals surface area contributed by atoms with Crippen molar-refractivity contribution in [3.05, 3.63) is 53.3 Å². The van der Waals surface area contributed by atoms with E-state index in [1.54, 1.807) is 10.9 Å². The Hall–Kier alpha value is -2.40. The molecule has 0 fully saturated rings. The zero-order chi connectivity index (χ0) is 13.4. The van der Waals surface area contributed by atoms with E-state index in [4.69, 9.17) is 16.7 Å². The van der Waals surface area contributed by atoms with Crippen LogP contribution >= 0.6 is 11.6 Å². The zero-order valence-electron chi connectivity index (χ0n) is 9.62. The third-order valence-corrected chi connectivity index (χ3v) is 2.92. The molecule has 2 heterocycles. The van der Waals surface area contributed by atoms with E-state index < -0.39 is 5.97 Å². The Labute approximate surface area is 113 Å². The van der Waals surface area contributed by atoms with Crippen molar-refractivity contribution in [2.45, 2.75) is 0 Å².